The van der Waals surface area contributed by atoms with E-state index < -0.39 is 0 Å². The fourth-order valence-electron chi connectivity index (χ4n) is 2.58. The molecule has 2 aliphatic rings. The number of fused-ring (bicyclic) bond motifs is 1. The number of nitrogens with two attached hydrogens (primary N) is 1. The Bertz CT molecular complexity index is 337. The summed E-state index contributed by atoms with van der Waals surface area (Å²) in [5.74, 6) is 1.73. The van der Waals surface area contributed by atoms with Crippen LogP contribution in [0.2, 0.25) is 0 Å². The molecule has 0 aromatic carbocycles. The highest BCUT2D eigenvalue weighted by atomic mass is 19.1. The molecule has 0 radical (unpaired) electrons. The lowest BCUT2D eigenvalue weighted by atomic mass is 9.99. The number of anilines is 1. The first kappa shape index (κ1) is 7.35. The van der Waals surface area contributed by atoms with E-state index in [1.165, 1.54) is 6.42 Å². The number of aromatic nitrogens is 2. The molecule has 0 spiro atoms. The minimum absolute atomic E-state index is 0.00979. The molecule has 1 heterocycles. The van der Waals surface area contributed by atoms with E-state index in [-0.39, 0.29) is 11.6 Å². The molecule has 1 aromatic rings. The molecule has 0 amide bonds. The van der Waals surface area contributed by atoms with Gasteiger partial charge in [0.05, 0.1) is 5.69 Å². The van der Waals surface area contributed by atoms with Gasteiger partial charge >= 0.3 is 0 Å². The van der Waals surface area contributed by atoms with Crippen LogP contribution >= 0.6 is 0 Å². The highest BCUT2D eigenvalue weighted by molar-refractivity contribution is 5.34. The lowest BCUT2D eigenvalue weighted by Crippen LogP contribution is -1.99. The van der Waals surface area contributed by atoms with E-state index in [2.05, 4.69) is 10.2 Å². The third-order valence-corrected chi connectivity index (χ3v) is 3.41. The Labute approximate surface area is 75.5 Å². The van der Waals surface area contributed by atoms with Crippen LogP contribution in [-0.4, -0.2) is 10.2 Å². The van der Waals surface area contributed by atoms with Crippen molar-refractivity contribution in [3.8, 4) is 0 Å². The van der Waals surface area contributed by atoms with E-state index in [0.717, 1.165) is 24.7 Å². The number of hydrogen-bond acceptors (Lipinski definition) is 2. The summed E-state index contributed by atoms with van der Waals surface area (Å²) in [7, 11) is 0. The van der Waals surface area contributed by atoms with Gasteiger partial charge in [0.2, 0.25) is 0 Å². The van der Waals surface area contributed by atoms with Crippen LogP contribution in [0.25, 0.3) is 0 Å². The van der Waals surface area contributed by atoms with Crippen molar-refractivity contribution in [1.82, 2.24) is 10.2 Å². The summed E-state index contributed by atoms with van der Waals surface area (Å²) in [6.45, 7) is 0. The molecule has 70 valence electrons. The van der Waals surface area contributed by atoms with Crippen LogP contribution in [0.4, 0.5) is 10.2 Å². The van der Waals surface area contributed by atoms with Crippen LogP contribution in [0.1, 0.15) is 30.9 Å². The van der Waals surface area contributed by atoms with E-state index >= 15 is 0 Å². The smallest absolute Gasteiger partial charge is 0.188 e. The number of H-pyrrole nitrogens is 1. The minimum atomic E-state index is -0.327. The van der Waals surface area contributed by atoms with Gasteiger partial charge in [-0.1, -0.05) is 0 Å². The van der Waals surface area contributed by atoms with Gasteiger partial charge in [0.1, 0.15) is 0 Å². The molecule has 1 aromatic heterocycles. The summed E-state index contributed by atoms with van der Waals surface area (Å²) < 4.78 is 13.3. The van der Waals surface area contributed by atoms with Crippen LogP contribution in [0.3, 0.4) is 0 Å². The van der Waals surface area contributed by atoms with Crippen molar-refractivity contribution < 1.29 is 4.39 Å². The van der Waals surface area contributed by atoms with Crippen molar-refractivity contribution in [2.75, 3.05) is 5.73 Å². The monoisotopic (exact) mass is 181 g/mol. The first-order chi connectivity index (χ1) is 6.25. The largest absolute Gasteiger partial charge is 0.380 e. The number of rotatable bonds is 1. The fraction of sp³-hybridized carbons (Fsp3) is 0.667. The Balaban J connectivity index is 1.88. The summed E-state index contributed by atoms with van der Waals surface area (Å²) in [6, 6.07) is 0. The predicted octanol–water partition coefficient (Wildman–Crippen LogP) is 1.64. The third kappa shape index (κ3) is 0.975. The SMILES string of the molecule is Nc1n[nH]c(C2C[C@@H]3C[C@@H]3C2)c1F. The molecule has 4 heteroatoms. The van der Waals surface area contributed by atoms with Crippen LogP contribution in [0.15, 0.2) is 0 Å². The van der Waals surface area contributed by atoms with E-state index in [0.29, 0.717) is 11.6 Å². The van der Waals surface area contributed by atoms with Crippen molar-refractivity contribution in [3.63, 3.8) is 0 Å². The van der Waals surface area contributed by atoms with Crippen LogP contribution in [-0.2, 0) is 0 Å². The van der Waals surface area contributed by atoms with Gasteiger partial charge in [-0.05, 0) is 31.1 Å². The van der Waals surface area contributed by atoms with Crippen molar-refractivity contribution >= 4 is 5.82 Å². The second kappa shape index (κ2) is 2.25. The maximum atomic E-state index is 13.3. The number of aromatic amines is 1. The summed E-state index contributed by atoms with van der Waals surface area (Å²) in [5, 5.41) is 6.39. The maximum Gasteiger partial charge on any atom is 0.188 e. The highest BCUT2D eigenvalue weighted by Crippen LogP contribution is 2.57. The standard InChI is InChI=1S/C9H12FN3/c10-7-8(12-13-9(7)11)6-2-4-1-5(4)3-6/h4-6H,1-3H2,(H3,11,12,13)/t4-,5+,6?. The number of halogens is 1. The molecule has 13 heavy (non-hydrogen) atoms. The molecule has 0 aliphatic heterocycles. The zero-order valence-electron chi connectivity index (χ0n) is 7.26. The fourth-order valence-corrected chi connectivity index (χ4v) is 2.58. The molecule has 2 saturated carbocycles. The predicted molar refractivity (Wildman–Crippen MR) is 46.5 cm³/mol. The van der Waals surface area contributed by atoms with Crippen LogP contribution < -0.4 is 5.73 Å². The molecule has 3 atom stereocenters. The Morgan fingerprint density at radius 2 is 2.00 bits per heavy atom. The molecular weight excluding hydrogens is 169 g/mol. The Morgan fingerprint density at radius 3 is 2.54 bits per heavy atom. The van der Waals surface area contributed by atoms with Crippen molar-refractivity contribution in [1.29, 1.82) is 0 Å². The van der Waals surface area contributed by atoms with Gasteiger partial charge in [0, 0.05) is 5.92 Å². The molecule has 2 aliphatic carbocycles. The number of nitrogens with zero attached hydrogens (tertiary/aromatic N) is 1. The molecular formula is C9H12FN3. The molecule has 1 unspecified atom stereocenters. The maximum absolute atomic E-state index is 13.3. The average molecular weight is 181 g/mol. The zero-order chi connectivity index (χ0) is 9.00. The number of nitrogen functional groups attached to an aromatic ring is 1. The average Bonchev–Trinajstić information content (AvgIpc) is 2.58. The first-order valence-corrected chi connectivity index (χ1v) is 4.75. The quantitative estimate of drug-likeness (QED) is 0.692. The number of hydrogen-bond donors (Lipinski definition) is 2. The normalized spacial score (nSPS) is 36.2. The summed E-state index contributed by atoms with van der Waals surface area (Å²) >= 11 is 0. The molecule has 3 N–H and O–H groups in total. The minimum Gasteiger partial charge on any atom is -0.380 e. The zero-order valence-corrected chi connectivity index (χ0v) is 7.26. The van der Waals surface area contributed by atoms with Gasteiger partial charge in [-0.15, -0.1) is 0 Å². The summed E-state index contributed by atoms with van der Waals surface area (Å²) in [6.07, 6.45) is 3.58. The molecule has 0 saturated heterocycles. The van der Waals surface area contributed by atoms with Crippen LogP contribution in [0.5, 0.6) is 0 Å². The molecule has 2 fully saturated rings. The lowest BCUT2D eigenvalue weighted by molar-refractivity contribution is 0.548. The highest BCUT2D eigenvalue weighted by Gasteiger charge is 2.47. The lowest BCUT2D eigenvalue weighted by Gasteiger charge is -2.08. The third-order valence-electron chi connectivity index (χ3n) is 3.41. The Kier molecular flexibility index (Phi) is 1.27. The Hall–Kier alpha value is -1.06. The topological polar surface area (TPSA) is 54.7 Å². The molecule has 0 bridgehead atoms. The van der Waals surface area contributed by atoms with E-state index in [1.807, 2.05) is 0 Å². The van der Waals surface area contributed by atoms with Crippen molar-refractivity contribution in [3.05, 3.63) is 11.5 Å². The van der Waals surface area contributed by atoms with Gasteiger partial charge < -0.3 is 5.73 Å². The second-order valence-electron chi connectivity index (χ2n) is 4.26. The van der Waals surface area contributed by atoms with Gasteiger partial charge in [-0.25, -0.2) is 4.39 Å². The van der Waals surface area contributed by atoms with Gasteiger partial charge in [0.15, 0.2) is 11.6 Å². The number of nitrogens with one attached hydrogen (secondary N) is 1. The molecule has 3 rings (SSSR count). The summed E-state index contributed by atoms with van der Waals surface area (Å²) in [4.78, 5) is 0. The van der Waals surface area contributed by atoms with Gasteiger partial charge in [0.25, 0.3) is 0 Å². The first-order valence-electron chi connectivity index (χ1n) is 4.75. The van der Waals surface area contributed by atoms with Crippen molar-refractivity contribution in [2.45, 2.75) is 25.2 Å². The van der Waals surface area contributed by atoms with E-state index in [4.69, 9.17) is 5.73 Å². The van der Waals surface area contributed by atoms with E-state index in [9.17, 15) is 4.39 Å². The van der Waals surface area contributed by atoms with Crippen molar-refractivity contribution in [2.24, 2.45) is 11.8 Å². The molecule has 3 nitrogen and oxygen atoms in total. The van der Waals surface area contributed by atoms with E-state index in [1.54, 1.807) is 0 Å². The van der Waals surface area contributed by atoms with Gasteiger partial charge in [-0.2, -0.15) is 5.10 Å². The second-order valence-corrected chi connectivity index (χ2v) is 4.26. The Morgan fingerprint density at radius 1 is 1.31 bits per heavy atom. The van der Waals surface area contributed by atoms with Gasteiger partial charge in [-0.3, -0.25) is 5.10 Å². The van der Waals surface area contributed by atoms with Crippen LogP contribution in [0, 0.1) is 17.7 Å². The summed E-state index contributed by atoms with van der Waals surface area (Å²) in [5.41, 5.74) is 5.97.